The molecule has 1 heterocycles. The van der Waals surface area contributed by atoms with Gasteiger partial charge in [-0.2, -0.15) is 0 Å². The van der Waals surface area contributed by atoms with Crippen molar-refractivity contribution in [3.63, 3.8) is 0 Å². The Kier molecular flexibility index (Phi) is 4.79. The number of nitrogens with zero attached hydrogens (tertiary/aromatic N) is 1. The highest BCUT2D eigenvalue weighted by atomic mass is 16.7. The summed E-state index contributed by atoms with van der Waals surface area (Å²) in [5.74, 6) is 2.29. The van der Waals surface area contributed by atoms with Crippen LogP contribution in [0.4, 0.5) is 16.2 Å². The summed E-state index contributed by atoms with van der Waals surface area (Å²) < 4.78 is 16.3. The number of anilines is 2. The molecule has 7 nitrogen and oxygen atoms in total. The molecule has 0 aliphatic carbocycles. The quantitative estimate of drug-likeness (QED) is 0.668. The van der Waals surface area contributed by atoms with Crippen LogP contribution in [0.3, 0.4) is 0 Å². The van der Waals surface area contributed by atoms with Gasteiger partial charge >= 0.3 is 6.03 Å². The molecule has 0 saturated carbocycles. The average molecular weight is 376 g/mol. The van der Waals surface area contributed by atoms with Crippen LogP contribution >= 0.6 is 0 Å². The number of nitrogens with one attached hydrogen (secondary N) is 1. The fourth-order valence-electron chi connectivity index (χ4n) is 2.71. The van der Waals surface area contributed by atoms with Crippen LogP contribution in [-0.4, -0.2) is 19.2 Å². The van der Waals surface area contributed by atoms with Crippen molar-refractivity contribution < 1.29 is 23.8 Å². The zero-order chi connectivity index (χ0) is 19.3. The molecule has 7 heteroatoms. The van der Waals surface area contributed by atoms with E-state index in [0.29, 0.717) is 40.8 Å². The Balaban J connectivity index is 1.49. The summed E-state index contributed by atoms with van der Waals surface area (Å²) in [6.45, 7) is 0.111. The van der Waals surface area contributed by atoms with Gasteiger partial charge in [0.15, 0.2) is 11.5 Å². The Morgan fingerprint density at radius 2 is 1.71 bits per heavy atom. The SMILES string of the molecule is O=CN(C(=O)Nc1cccc(Oc2ccccc2)c1)c1ccc2c(c1)OCO2. The predicted molar refractivity (Wildman–Crippen MR) is 103 cm³/mol. The lowest BCUT2D eigenvalue weighted by molar-refractivity contribution is -0.106. The smallest absolute Gasteiger partial charge is 0.332 e. The van der Waals surface area contributed by atoms with Gasteiger partial charge in [-0.25, -0.2) is 9.69 Å². The molecule has 140 valence electrons. The number of urea groups is 1. The normalized spacial score (nSPS) is 11.6. The van der Waals surface area contributed by atoms with E-state index in [1.165, 1.54) is 0 Å². The van der Waals surface area contributed by atoms with Gasteiger partial charge in [-0.05, 0) is 36.4 Å². The number of imide groups is 1. The molecule has 3 aromatic rings. The second-order valence-electron chi connectivity index (χ2n) is 5.89. The van der Waals surface area contributed by atoms with Crippen LogP contribution in [0.2, 0.25) is 0 Å². The Labute approximate surface area is 161 Å². The fourth-order valence-corrected chi connectivity index (χ4v) is 2.71. The Hall–Kier alpha value is -4.00. The van der Waals surface area contributed by atoms with Crippen LogP contribution < -0.4 is 24.4 Å². The number of amides is 3. The van der Waals surface area contributed by atoms with Gasteiger partial charge in [-0.3, -0.25) is 4.79 Å². The van der Waals surface area contributed by atoms with E-state index in [1.54, 1.807) is 42.5 Å². The Bertz CT molecular complexity index is 1010. The molecule has 1 aliphatic heterocycles. The van der Waals surface area contributed by atoms with Crippen LogP contribution in [0, 0.1) is 0 Å². The molecular weight excluding hydrogens is 360 g/mol. The molecule has 0 bridgehead atoms. The molecule has 0 aromatic heterocycles. The van der Waals surface area contributed by atoms with Crippen LogP contribution in [-0.2, 0) is 4.79 Å². The van der Waals surface area contributed by atoms with Crippen molar-refractivity contribution in [1.82, 2.24) is 0 Å². The van der Waals surface area contributed by atoms with E-state index in [4.69, 9.17) is 14.2 Å². The standard InChI is InChI=1S/C21H16N2O5/c24-13-23(16-9-10-19-20(12-16)27-14-26-19)21(25)22-15-5-4-8-18(11-15)28-17-6-2-1-3-7-17/h1-13H,14H2,(H,22,25). The molecule has 0 atom stereocenters. The van der Waals surface area contributed by atoms with Gasteiger partial charge in [-0.15, -0.1) is 0 Å². The van der Waals surface area contributed by atoms with Gasteiger partial charge in [0.2, 0.25) is 13.2 Å². The van der Waals surface area contributed by atoms with Crippen LogP contribution in [0.25, 0.3) is 0 Å². The van der Waals surface area contributed by atoms with Crippen molar-refractivity contribution >= 4 is 23.8 Å². The summed E-state index contributed by atoms with van der Waals surface area (Å²) in [5, 5.41) is 2.69. The third-order valence-electron chi connectivity index (χ3n) is 4.02. The summed E-state index contributed by atoms with van der Waals surface area (Å²) in [5.41, 5.74) is 0.861. The maximum Gasteiger partial charge on any atom is 0.332 e. The lowest BCUT2D eigenvalue weighted by Crippen LogP contribution is -2.33. The van der Waals surface area contributed by atoms with Crippen LogP contribution in [0.1, 0.15) is 0 Å². The molecule has 3 amide bonds. The van der Waals surface area contributed by atoms with Gasteiger partial charge in [0, 0.05) is 17.8 Å². The number of para-hydroxylation sites is 1. The highest BCUT2D eigenvalue weighted by molar-refractivity contribution is 6.12. The average Bonchev–Trinajstić information content (AvgIpc) is 3.17. The molecule has 0 fully saturated rings. The molecule has 28 heavy (non-hydrogen) atoms. The lowest BCUT2D eigenvalue weighted by atomic mass is 10.2. The summed E-state index contributed by atoms with van der Waals surface area (Å²) in [4.78, 5) is 25.0. The van der Waals surface area contributed by atoms with E-state index in [-0.39, 0.29) is 6.79 Å². The van der Waals surface area contributed by atoms with Gasteiger partial charge in [-0.1, -0.05) is 24.3 Å². The van der Waals surface area contributed by atoms with Crippen molar-refractivity contribution in [2.75, 3.05) is 17.0 Å². The molecule has 1 N–H and O–H groups in total. The number of hydrogen-bond donors (Lipinski definition) is 1. The summed E-state index contributed by atoms with van der Waals surface area (Å²) in [7, 11) is 0. The van der Waals surface area contributed by atoms with E-state index in [2.05, 4.69) is 5.32 Å². The van der Waals surface area contributed by atoms with E-state index < -0.39 is 6.03 Å². The van der Waals surface area contributed by atoms with Gasteiger partial charge < -0.3 is 19.5 Å². The number of rotatable bonds is 5. The van der Waals surface area contributed by atoms with Gasteiger partial charge in [0.25, 0.3) is 0 Å². The molecule has 0 unspecified atom stereocenters. The first-order valence-corrected chi connectivity index (χ1v) is 8.51. The number of ether oxygens (including phenoxy) is 3. The molecule has 4 rings (SSSR count). The van der Waals surface area contributed by atoms with Crippen molar-refractivity contribution in [2.24, 2.45) is 0 Å². The van der Waals surface area contributed by atoms with E-state index in [9.17, 15) is 9.59 Å². The Morgan fingerprint density at radius 1 is 0.929 bits per heavy atom. The van der Waals surface area contributed by atoms with Crippen LogP contribution in [0.5, 0.6) is 23.0 Å². The first-order chi connectivity index (χ1) is 13.7. The topological polar surface area (TPSA) is 77.1 Å². The number of hydrogen-bond acceptors (Lipinski definition) is 5. The minimum atomic E-state index is -0.606. The minimum absolute atomic E-state index is 0.111. The minimum Gasteiger partial charge on any atom is -0.457 e. The van der Waals surface area contributed by atoms with Gasteiger partial charge in [0.1, 0.15) is 11.5 Å². The maximum atomic E-state index is 12.6. The number of benzene rings is 3. The zero-order valence-electron chi connectivity index (χ0n) is 14.7. The third-order valence-corrected chi connectivity index (χ3v) is 4.02. The molecule has 0 saturated heterocycles. The molecule has 3 aromatic carbocycles. The third kappa shape index (κ3) is 3.73. The van der Waals surface area contributed by atoms with E-state index in [0.717, 1.165) is 4.90 Å². The molecular formula is C21H16N2O5. The second kappa shape index (κ2) is 7.71. The lowest BCUT2D eigenvalue weighted by Gasteiger charge is -2.17. The number of carbonyl (C=O) groups is 2. The molecule has 0 radical (unpaired) electrons. The monoisotopic (exact) mass is 376 g/mol. The Morgan fingerprint density at radius 3 is 2.54 bits per heavy atom. The summed E-state index contributed by atoms with van der Waals surface area (Å²) in [6.07, 6.45) is 0.442. The second-order valence-corrected chi connectivity index (χ2v) is 5.89. The first-order valence-electron chi connectivity index (χ1n) is 8.51. The number of fused-ring (bicyclic) bond motifs is 1. The van der Waals surface area contributed by atoms with Crippen LogP contribution in [0.15, 0.2) is 72.8 Å². The maximum absolute atomic E-state index is 12.6. The number of carbonyl (C=O) groups excluding carboxylic acids is 2. The summed E-state index contributed by atoms with van der Waals surface area (Å²) >= 11 is 0. The predicted octanol–water partition coefficient (Wildman–Crippen LogP) is 4.40. The molecule has 0 spiro atoms. The van der Waals surface area contributed by atoms with Crippen molar-refractivity contribution in [1.29, 1.82) is 0 Å². The van der Waals surface area contributed by atoms with Crippen molar-refractivity contribution in [2.45, 2.75) is 0 Å². The van der Waals surface area contributed by atoms with Gasteiger partial charge in [0.05, 0.1) is 5.69 Å². The first kappa shape index (κ1) is 17.4. The van der Waals surface area contributed by atoms with Crippen molar-refractivity contribution in [3.05, 3.63) is 72.8 Å². The fraction of sp³-hybridized carbons (Fsp3) is 0.0476. The van der Waals surface area contributed by atoms with E-state index >= 15 is 0 Å². The highest BCUT2D eigenvalue weighted by Gasteiger charge is 2.20. The summed E-state index contributed by atoms with van der Waals surface area (Å²) in [6, 6.07) is 20.4. The zero-order valence-corrected chi connectivity index (χ0v) is 14.7. The largest absolute Gasteiger partial charge is 0.457 e. The van der Waals surface area contributed by atoms with E-state index in [1.807, 2.05) is 30.3 Å². The highest BCUT2D eigenvalue weighted by Crippen LogP contribution is 2.35. The molecule has 1 aliphatic rings. The van der Waals surface area contributed by atoms with Crippen molar-refractivity contribution in [3.8, 4) is 23.0 Å².